The van der Waals surface area contributed by atoms with Crippen LogP contribution in [0.25, 0.3) is 0 Å². The Hall–Kier alpha value is -1.22. The Morgan fingerprint density at radius 2 is 2.27 bits per heavy atom. The predicted molar refractivity (Wildman–Crippen MR) is 59.5 cm³/mol. The van der Waals surface area contributed by atoms with E-state index in [0.717, 1.165) is 5.56 Å². The second kappa shape index (κ2) is 3.74. The molecule has 2 rings (SSSR count). The average molecular weight is 226 g/mol. The number of amides is 1. The molecule has 1 aliphatic rings. The minimum Gasteiger partial charge on any atom is -0.478 e. The summed E-state index contributed by atoms with van der Waals surface area (Å²) < 4.78 is 5.56. The fourth-order valence-corrected chi connectivity index (χ4v) is 1.70. The number of hydrogen-bond acceptors (Lipinski definition) is 2. The van der Waals surface area contributed by atoms with Gasteiger partial charge in [0.05, 0.1) is 5.69 Å². The molecule has 1 amide bonds. The number of hydrogen-bond donors (Lipinski definition) is 1. The standard InChI is InChI=1S/C11H12ClNO2/c1-3-9-11(14)13-8-5-7(12)6(2)4-10(8)15-9/h4-5,9H,3H2,1-2H3,(H,13,14). The maximum absolute atomic E-state index is 11.5. The Morgan fingerprint density at radius 1 is 1.53 bits per heavy atom. The van der Waals surface area contributed by atoms with E-state index in [2.05, 4.69) is 5.32 Å². The molecule has 1 heterocycles. The summed E-state index contributed by atoms with van der Waals surface area (Å²) in [6.07, 6.45) is 0.269. The number of rotatable bonds is 1. The number of fused-ring (bicyclic) bond motifs is 1. The van der Waals surface area contributed by atoms with Crippen LogP contribution in [0.15, 0.2) is 12.1 Å². The van der Waals surface area contributed by atoms with Gasteiger partial charge in [-0.05, 0) is 31.0 Å². The van der Waals surface area contributed by atoms with Gasteiger partial charge in [0.15, 0.2) is 6.10 Å². The van der Waals surface area contributed by atoms with Gasteiger partial charge < -0.3 is 10.1 Å². The molecule has 0 saturated heterocycles. The molecule has 1 N–H and O–H groups in total. The molecular weight excluding hydrogens is 214 g/mol. The van der Waals surface area contributed by atoms with E-state index in [0.29, 0.717) is 22.9 Å². The van der Waals surface area contributed by atoms with Crippen molar-refractivity contribution in [2.75, 3.05) is 5.32 Å². The van der Waals surface area contributed by atoms with Gasteiger partial charge in [-0.1, -0.05) is 18.5 Å². The summed E-state index contributed by atoms with van der Waals surface area (Å²) in [6, 6.07) is 3.57. The molecule has 0 radical (unpaired) electrons. The van der Waals surface area contributed by atoms with Gasteiger partial charge in [0.1, 0.15) is 5.75 Å². The van der Waals surface area contributed by atoms with Crippen molar-refractivity contribution in [1.29, 1.82) is 0 Å². The first-order valence-corrected chi connectivity index (χ1v) is 5.27. The lowest BCUT2D eigenvalue weighted by Gasteiger charge is -2.25. The van der Waals surface area contributed by atoms with E-state index in [1.165, 1.54) is 0 Å². The summed E-state index contributed by atoms with van der Waals surface area (Å²) in [5, 5.41) is 3.41. The van der Waals surface area contributed by atoms with E-state index >= 15 is 0 Å². The average Bonchev–Trinajstić information content (AvgIpc) is 2.20. The smallest absolute Gasteiger partial charge is 0.265 e. The molecule has 0 spiro atoms. The SMILES string of the molecule is CCC1Oc2cc(C)c(Cl)cc2NC1=O. The number of anilines is 1. The molecule has 0 saturated carbocycles. The lowest BCUT2D eigenvalue weighted by Crippen LogP contribution is -2.36. The largest absolute Gasteiger partial charge is 0.478 e. The zero-order valence-electron chi connectivity index (χ0n) is 8.63. The van der Waals surface area contributed by atoms with Crippen molar-refractivity contribution in [3.8, 4) is 5.75 Å². The van der Waals surface area contributed by atoms with Crippen LogP contribution in [0.3, 0.4) is 0 Å². The minimum atomic E-state index is -0.391. The van der Waals surface area contributed by atoms with E-state index in [9.17, 15) is 4.79 Å². The van der Waals surface area contributed by atoms with Crippen molar-refractivity contribution in [2.24, 2.45) is 0 Å². The molecule has 0 aliphatic carbocycles. The van der Waals surface area contributed by atoms with Crippen LogP contribution in [0.4, 0.5) is 5.69 Å². The first kappa shape index (κ1) is 10.3. The Balaban J connectivity index is 2.41. The van der Waals surface area contributed by atoms with Crippen molar-refractivity contribution in [2.45, 2.75) is 26.4 Å². The summed E-state index contributed by atoms with van der Waals surface area (Å²) in [7, 11) is 0. The first-order chi connectivity index (χ1) is 7.11. The number of nitrogens with one attached hydrogen (secondary N) is 1. The molecule has 80 valence electrons. The molecular formula is C11H12ClNO2. The molecule has 1 aromatic carbocycles. The molecule has 0 bridgehead atoms. The maximum Gasteiger partial charge on any atom is 0.265 e. The van der Waals surface area contributed by atoms with Crippen LogP contribution in [-0.2, 0) is 4.79 Å². The van der Waals surface area contributed by atoms with Gasteiger partial charge in [0, 0.05) is 5.02 Å². The Morgan fingerprint density at radius 3 is 2.93 bits per heavy atom. The van der Waals surface area contributed by atoms with Crippen LogP contribution in [0.5, 0.6) is 5.75 Å². The van der Waals surface area contributed by atoms with E-state index in [-0.39, 0.29) is 5.91 Å². The normalized spacial score (nSPS) is 19.1. The summed E-state index contributed by atoms with van der Waals surface area (Å²) in [5.74, 6) is 0.591. The lowest BCUT2D eigenvalue weighted by atomic mass is 10.1. The van der Waals surface area contributed by atoms with E-state index < -0.39 is 6.10 Å². The second-order valence-corrected chi connectivity index (χ2v) is 4.01. The molecule has 1 unspecified atom stereocenters. The molecule has 1 aliphatic heterocycles. The highest BCUT2D eigenvalue weighted by molar-refractivity contribution is 6.31. The van der Waals surface area contributed by atoms with E-state index in [4.69, 9.17) is 16.3 Å². The van der Waals surface area contributed by atoms with Gasteiger partial charge in [-0.3, -0.25) is 4.79 Å². The van der Waals surface area contributed by atoms with Crippen molar-refractivity contribution < 1.29 is 9.53 Å². The highest BCUT2D eigenvalue weighted by atomic mass is 35.5. The molecule has 15 heavy (non-hydrogen) atoms. The summed E-state index contributed by atoms with van der Waals surface area (Å²) in [5.41, 5.74) is 1.60. The maximum atomic E-state index is 11.5. The number of halogens is 1. The number of benzene rings is 1. The third kappa shape index (κ3) is 1.79. The van der Waals surface area contributed by atoms with Crippen LogP contribution in [0.2, 0.25) is 5.02 Å². The van der Waals surface area contributed by atoms with Crippen molar-refractivity contribution in [3.63, 3.8) is 0 Å². The monoisotopic (exact) mass is 225 g/mol. The number of aryl methyl sites for hydroxylation is 1. The molecule has 1 atom stereocenters. The predicted octanol–water partition coefficient (Wildman–Crippen LogP) is 2.76. The highest BCUT2D eigenvalue weighted by Gasteiger charge is 2.26. The van der Waals surface area contributed by atoms with Crippen LogP contribution in [-0.4, -0.2) is 12.0 Å². The van der Waals surface area contributed by atoms with Crippen molar-refractivity contribution in [3.05, 3.63) is 22.7 Å². The Bertz CT molecular complexity index is 417. The zero-order chi connectivity index (χ0) is 11.0. The van der Waals surface area contributed by atoms with Crippen LogP contribution in [0, 0.1) is 6.92 Å². The summed E-state index contributed by atoms with van der Waals surface area (Å²) in [6.45, 7) is 3.82. The third-order valence-corrected chi connectivity index (χ3v) is 2.86. The van der Waals surface area contributed by atoms with Gasteiger partial charge >= 0.3 is 0 Å². The van der Waals surface area contributed by atoms with Crippen LogP contribution >= 0.6 is 11.6 Å². The van der Waals surface area contributed by atoms with Gasteiger partial charge in [-0.15, -0.1) is 0 Å². The molecule has 0 aromatic heterocycles. The van der Waals surface area contributed by atoms with Gasteiger partial charge in [0.25, 0.3) is 5.91 Å². The summed E-state index contributed by atoms with van der Waals surface area (Å²) in [4.78, 5) is 11.5. The summed E-state index contributed by atoms with van der Waals surface area (Å²) >= 11 is 5.96. The molecule has 4 heteroatoms. The topological polar surface area (TPSA) is 38.3 Å². The van der Waals surface area contributed by atoms with Gasteiger partial charge in [-0.25, -0.2) is 0 Å². The Labute approximate surface area is 93.4 Å². The van der Waals surface area contributed by atoms with Gasteiger partial charge in [0.2, 0.25) is 0 Å². The highest BCUT2D eigenvalue weighted by Crippen LogP contribution is 2.34. The Kier molecular flexibility index (Phi) is 2.57. The van der Waals surface area contributed by atoms with Crippen LogP contribution in [0.1, 0.15) is 18.9 Å². The van der Waals surface area contributed by atoms with Crippen molar-refractivity contribution >= 4 is 23.2 Å². The quantitative estimate of drug-likeness (QED) is 0.798. The van der Waals surface area contributed by atoms with Crippen LogP contribution < -0.4 is 10.1 Å². The molecule has 1 aromatic rings. The molecule has 0 fully saturated rings. The third-order valence-electron chi connectivity index (χ3n) is 2.45. The zero-order valence-corrected chi connectivity index (χ0v) is 9.39. The first-order valence-electron chi connectivity index (χ1n) is 4.89. The number of ether oxygens (including phenoxy) is 1. The number of carbonyl (C=O) groups is 1. The second-order valence-electron chi connectivity index (χ2n) is 3.60. The molecule has 3 nitrogen and oxygen atoms in total. The van der Waals surface area contributed by atoms with E-state index in [1.54, 1.807) is 6.07 Å². The van der Waals surface area contributed by atoms with Crippen molar-refractivity contribution in [1.82, 2.24) is 0 Å². The fourth-order valence-electron chi connectivity index (χ4n) is 1.54. The number of carbonyl (C=O) groups excluding carboxylic acids is 1. The minimum absolute atomic E-state index is 0.107. The fraction of sp³-hybridized carbons (Fsp3) is 0.364. The lowest BCUT2D eigenvalue weighted by molar-refractivity contribution is -0.123. The van der Waals surface area contributed by atoms with Gasteiger partial charge in [-0.2, -0.15) is 0 Å². The van der Waals surface area contributed by atoms with E-state index in [1.807, 2.05) is 19.9 Å².